The Hall–Kier alpha value is -2.01. The zero-order valence-electron chi connectivity index (χ0n) is 14.2. The quantitative estimate of drug-likeness (QED) is 0.941. The van der Waals surface area contributed by atoms with E-state index in [1.54, 1.807) is 6.20 Å². The Labute approximate surface area is 138 Å². The van der Waals surface area contributed by atoms with Crippen molar-refractivity contribution in [3.8, 4) is 11.5 Å². The van der Waals surface area contributed by atoms with E-state index in [1.165, 1.54) is 25.9 Å². The second-order valence-electron chi connectivity index (χ2n) is 6.45. The minimum absolute atomic E-state index is 0.694. The SMILES string of the molecule is Cc1nc(-c2ccccn2)nc(NCC2CCN(C)CC2)c1C. The van der Waals surface area contributed by atoms with Gasteiger partial charge >= 0.3 is 0 Å². The topological polar surface area (TPSA) is 53.9 Å². The molecule has 0 bridgehead atoms. The van der Waals surface area contributed by atoms with Crippen molar-refractivity contribution in [2.24, 2.45) is 5.92 Å². The highest BCUT2D eigenvalue weighted by atomic mass is 15.1. The third-order valence-corrected chi connectivity index (χ3v) is 4.68. The summed E-state index contributed by atoms with van der Waals surface area (Å²) < 4.78 is 0. The number of anilines is 1. The summed E-state index contributed by atoms with van der Waals surface area (Å²) in [6.07, 6.45) is 4.28. The van der Waals surface area contributed by atoms with Crippen LogP contribution in [0.3, 0.4) is 0 Å². The van der Waals surface area contributed by atoms with Crippen LogP contribution in [0.1, 0.15) is 24.1 Å². The normalized spacial score (nSPS) is 16.5. The van der Waals surface area contributed by atoms with Gasteiger partial charge in [-0.25, -0.2) is 9.97 Å². The lowest BCUT2D eigenvalue weighted by molar-refractivity contribution is 0.226. The summed E-state index contributed by atoms with van der Waals surface area (Å²) in [5, 5.41) is 3.55. The number of hydrogen-bond acceptors (Lipinski definition) is 5. The average Bonchev–Trinajstić information content (AvgIpc) is 2.58. The van der Waals surface area contributed by atoms with Crippen molar-refractivity contribution in [3.63, 3.8) is 0 Å². The number of pyridine rings is 1. The lowest BCUT2D eigenvalue weighted by Gasteiger charge is -2.29. The van der Waals surface area contributed by atoms with E-state index >= 15 is 0 Å². The van der Waals surface area contributed by atoms with Gasteiger partial charge in [-0.2, -0.15) is 0 Å². The lowest BCUT2D eigenvalue weighted by atomic mass is 9.97. The molecule has 1 saturated heterocycles. The summed E-state index contributed by atoms with van der Waals surface area (Å²) >= 11 is 0. The van der Waals surface area contributed by atoms with Gasteiger partial charge in [0.15, 0.2) is 5.82 Å². The lowest BCUT2D eigenvalue weighted by Crippen LogP contribution is -2.33. The first-order valence-corrected chi connectivity index (χ1v) is 8.32. The molecule has 0 saturated carbocycles. The van der Waals surface area contributed by atoms with E-state index < -0.39 is 0 Å². The second kappa shape index (κ2) is 7.04. The predicted octanol–water partition coefficient (Wildman–Crippen LogP) is 2.91. The zero-order chi connectivity index (χ0) is 16.2. The Balaban J connectivity index is 1.75. The van der Waals surface area contributed by atoms with Gasteiger partial charge in [0, 0.05) is 24.0 Å². The molecule has 1 aliphatic heterocycles. The molecule has 0 spiro atoms. The summed E-state index contributed by atoms with van der Waals surface area (Å²) in [6, 6.07) is 5.82. The first-order chi connectivity index (χ1) is 11.1. The number of piperidine rings is 1. The monoisotopic (exact) mass is 311 g/mol. The van der Waals surface area contributed by atoms with Gasteiger partial charge in [-0.05, 0) is 64.9 Å². The molecule has 122 valence electrons. The Morgan fingerprint density at radius 3 is 2.65 bits per heavy atom. The number of nitrogens with zero attached hydrogens (tertiary/aromatic N) is 4. The number of aromatic nitrogens is 3. The van der Waals surface area contributed by atoms with Crippen LogP contribution in [0, 0.1) is 19.8 Å². The fraction of sp³-hybridized carbons (Fsp3) is 0.500. The predicted molar refractivity (Wildman–Crippen MR) is 93.4 cm³/mol. The fourth-order valence-electron chi connectivity index (χ4n) is 2.92. The van der Waals surface area contributed by atoms with Gasteiger partial charge in [0.1, 0.15) is 11.5 Å². The molecule has 0 radical (unpaired) electrons. The van der Waals surface area contributed by atoms with Crippen molar-refractivity contribution >= 4 is 5.82 Å². The summed E-state index contributed by atoms with van der Waals surface area (Å²) in [6.45, 7) is 7.46. The van der Waals surface area contributed by atoms with Gasteiger partial charge < -0.3 is 10.2 Å². The minimum atomic E-state index is 0.694. The summed E-state index contributed by atoms with van der Waals surface area (Å²) in [4.78, 5) is 16.1. The molecule has 5 heteroatoms. The number of likely N-dealkylation sites (tertiary alicyclic amines) is 1. The third-order valence-electron chi connectivity index (χ3n) is 4.68. The van der Waals surface area contributed by atoms with Crippen LogP contribution >= 0.6 is 0 Å². The second-order valence-corrected chi connectivity index (χ2v) is 6.45. The summed E-state index contributed by atoms with van der Waals surface area (Å²) in [5.41, 5.74) is 2.95. The molecule has 1 N–H and O–H groups in total. The molecule has 1 fully saturated rings. The maximum atomic E-state index is 4.71. The van der Waals surface area contributed by atoms with Crippen molar-refractivity contribution in [3.05, 3.63) is 35.7 Å². The largest absolute Gasteiger partial charge is 0.369 e. The van der Waals surface area contributed by atoms with Crippen molar-refractivity contribution in [2.75, 3.05) is 32.0 Å². The first kappa shape index (κ1) is 15.9. The summed E-state index contributed by atoms with van der Waals surface area (Å²) in [5.74, 6) is 2.36. The fourth-order valence-corrected chi connectivity index (χ4v) is 2.92. The zero-order valence-corrected chi connectivity index (χ0v) is 14.2. The van der Waals surface area contributed by atoms with Crippen LogP contribution in [0.15, 0.2) is 24.4 Å². The van der Waals surface area contributed by atoms with E-state index in [2.05, 4.69) is 34.2 Å². The van der Waals surface area contributed by atoms with Crippen LogP contribution in [-0.2, 0) is 0 Å². The van der Waals surface area contributed by atoms with E-state index in [-0.39, 0.29) is 0 Å². The molecule has 0 aliphatic carbocycles. The molecule has 5 nitrogen and oxygen atoms in total. The highest BCUT2D eigenvalue weighted by Crippen LogP contribution is 2.22. The molecule has 0 amide bonds. The average molecular weight is 311 g/mol. The Morgan fingerprint density at radius 2 is 1.96 bits per heavy atom. The molecular weight excluding hydrogens is 286 g/mol. The third kappa shape index (κ3) is 3.85. The molecule has 23 heavy (non-hydrogen) atoms. The standard InChI is InChI=1S/C18H25N5/c1-13-14(2)21-18(16-6-4-5-9-19-16)22-17(13)20-12-15-7-10-23(3)11-8-15/h4-6,9,15H,7-8,10-12H2,1-3H3,(H,20,21,22). The van der Waals surface area contributed by atoms with Crippen LogP contribution in [0.5, 0.6) is 0 Å². The summed E-state index contributed by atoms with van der Waals surface area (Å²) in [7, 11) is 2.20. The van der Waals surface area contributed by atoms with E-state index in [9.17, 15) is 0 Å². The number of nitrogens with one attached hydrogen (secondary N) is 1. The molecule has 0 atom stereocenters. The molecule has 3 rings (SSSR count). The Morgan fingerprint density at radius 1 is 1.17 bits per heavy atom. The van der Waals surface area contributed by atoms with Crippen molar-refractivity contribution in [2.45, 2.75) is 26.7 Å². The molecule has 1 aliphatic rings. The van der Waals surface area contributed by atoms with E-state index in [0.717, 1.165) is 35.2 Å². The first-order valence-electron chi connectivity index (χ1n) is 8.32. The molecule has 3 heterocycles. The Kier molecular flexibility index (Phi) is 4.86. The van der Waals surface area contributed by atoms with Crippen molar-refractivity contribution in [1.29, 1.82) is 0 Å². The van der Waals surface area contributed by atoms with Crippen LogP contribution in [0.4, 0.5) is 5.82 Å². The van der Waals surface area contributed by atoms with Crippen LogP contribution in [0.2, 0.25) is 0 Å². The minimum Gasteiger partial charge on any atom is -0.369 e. The van der Waals surface area contributed by atoms with E-state index in [0.29, 0.717) is 5.82 Å². The Bertz CT molecular complexity index is 648. The van der Waals surface area contributed by atoms with E-state index in [1.807, 2.05) is 25.1 Å². The van der Waals surface area contributed by atoms with Gasteiger partial charge in [-0.3, -0.25) is 4.98 Å². The van der Waals surface area contributed by atoms with Gasteiger partial charge in [0.05, 0.1) is 0 Å². The highest BCUT2D eigenvalue weighted by Gasteiger charge is 2.17. The maximum Gasteiger partial charge on any atom is 0.180 e. The highest BCUT2D eigenvalue weighted by molar-refractivity contribution is 5.56. The van der Waals surface area contributed by atoms with Crippen LogP contribution in [0.25, 0.3) is 11.5 Å². The van der Waals surface area contributed by atoms with Crippen LogP contribution in [-0.4, -0.2) is 46.5 Å². The van der Waals surface area contributed by atoms with Crippen molar-refractivity contribution in [1.82, 2.24) is 19.9 Å². The van der Waals surface area contributed by atoms with Gasteiger partial charge in [0.2, 0.25) is 0 Å². The van der Waals surface area contributed by atoms with Gasteiger partial charge in [-0.15, -0.1) is 0 Å². The smallest absolute Gasteiger partial charge is 0.180 e. The molecule has 2 aromatic rings. The van der Waals surface area contributed by atoms with Crippen LogP contribution < -0.4 is 5.32 Å². The molecular formula is C18H25N5. The molecule has 2 aromatic heterocycles. The van der Waals surface area contributed by atoms with E-state index in [4.69, 9.17) is 4.98 Å². The number of rotatable bonds is 4. The van der Waals surface area contributed by atoms with Crippen molar-refractivity contribution < 1.29 is 0 Å². The molecule has 0 aromatic carbocycles. The number of hydrogen-bond donors (Lipinski definition) is 1. The molecule has 0 unspecified atom stereocenters. The maximum absolute atomic E-state index is 4.71. The van der Waals surface area contributed by atoms with Gasteiger partial charge in [0.25, 0.3) is 0 Å². The van der Waals surface area contributed by atoms with Gasteiger partial charge in [-0.1, -0.05) is 6.07 Å². The number of aryl methyl sites for hydroxylation is 1.